The van der Waals surface area contributed by atoms with Crippen LogP contribution in [0.5, 0.6) is 0 Å². The number of hydrogen-bond acceptors (Lipinski definition) is 5. The number of alkyl halides is 1. The van der Waals surface area contributed by atoms with Gasteiger partial charge in [-0.2, -0.15) is 4.98 Å². The number of nitrogens with zero attached hydrogens (tertiary/aromatic N) is 2. The van der Waals surface area contributed by atoms with Crippen molar-refractivity contribution < 1.29 is 12.9 Å². The molecule has 1 aromatic rings. The first-order valence-corrected chi connectivity index (χ1v) is 5.61. The summed E-state index contributed by atoms with van der Waals surface area (Å²) in [4.78, 5) is 3.72. The summed E-state index contributed by atoms with van der Waals surface area (Å²) in [7, 11) is -3.35. The molecule has 0 amide bonds. The fourth-order valence-corrected chi connectivity index (χ4v) is 1.38. The van der Waals surface area contributed by atoms with E-state index in [1.165, 1.54) is 6.33 Å². The van der Waals surface area contributed by atoms with E-state index < -0.39 is 15.2 Å². The number of aromatic nitrogens is 2. The van der Waals surface area contributed by atoms with Crippen LogP contribution in [0.1, 0.15) is 5.89 Å². The topological polar surface area (TPSA) is 85.1 Å². The van der Waals surface area contributed by atoms with Crippen molar-refractivity contribution in [2.24, 2.45) is 0 Å². The molecule has 0 atom stereocenters. The van der Waals surface area contributed by atoms with Gasteiger partial charge in [-0.3, -0.25) is 0 Å². The molecule has 0 bridgehead atoms. The smallest absolute Gasteiger partial charge is 0.227 e. The van der Waals surface area contributed by atoms with E-state index in [1.807, 2.05) is 0 Å². The molecule has 1 N–H and O–H groups in total. The van der Waals surface area contributed by atoms with E-state index in [9.17, 15) is 8.42 Å². The van der Waals surface area contributed by atoms with Crippen LogP contribution in [0, 0.1) is 0 Å². The monoisotopic (exact) mass is 225 g/mol. The molecule has 8 heteroatoms. The average Bonchev–Trinajstić information content (AvgIpc) is 2.57. The van der Waals surface area contributed by atoms with Crippen LogP contribution in [0.3, 0.4) is 0 Å². The summed E-state index contributed by atoms with van der Waals surface area (Å²) in [6.45, 7) is 0.206. The average molecular weight is 226 g/mol. The molecule has 0 unspecified atom stereocenters. The van der Waals surface area contributed by atoms with Gasteiger partial charge in [-0.05, 0) is 0 Å². The maximum Gasteiger partial charge on any atom is 0.227 e. The highest BCUT2D eigenvalue weighted by Gasteiger charge is 2.07. The normalized spacial score (nSPS) is 11.8. The Bertz CT molecular complexity index is 336. The lowest BCUT2D eigenvalue weighted by Crippen LogP contribution is -2.26. The summed E-state index contributed by atoms with van der Waals surface area (Å²) >= 11 is 5.15. The molecule has 0 fully saturated rings. The predicted octanol–water partition coefficient (Wildman–Crippen LogP) is -0.272. The molecule has 0 saturated heterocycles. The van der Waals surface area contributed by atoms with Crippen molar-refractivity contribution in [3.8, 4) is 0 Å². The fourth-order valence-electron chi connectivity index (χ4n) is 0.658. The van der Waals surface area contributed by atoms with Gasteiger partial charge in [0.15, 0.2) is 6.33 Å². The SMILES string of the molecule is O=S(=O)(CCl)NCCc1ncno1. The zero-order chi connectivity index (χ0) is 9.73. The third kappa shape index (κ3) is 3.71. The molecule has 0 saturated carbocycles. The maximum atomic E-state index is 10.8. The molecule has 0 aliphatic carbocycles. The molecule has 74 valence electrons. The largest absolute Gasteiger partial charge is 0.340 e. The molecule has 0 radical (unpaired) electrons. The van der Waals surface area contributed by atoms with Crippen molar-refractivity contribution >= 4 is 21.6 Å². The standard InChI is InChI=1S/C5H8ClN3O3S/c6-3-13(10,11)9-2-1-5-7-4-8-12-5/h4,9H,1-3H2. The molecule has 0 aliphatic rings. The molecule has 6 nitrogen and oxygen atoms in total. The van der Waals surface area contributed by atoms with Gasteiger partial charge in [0.2, 0.25) is 15.9 Å². The summed E-state index contributed by atoms with van der Waals surface area (Å²) in [5.74, 6) is 0.386. The Kier molecular flexibility index (Phi) is 3.64. The van der Waals surface area contributed by atoms with Crippen molar-refractivity contribution in [2.45, 2.75) is 6.42 Å². The van der Waals surface area contributed by atoms with Crippen LogP contribution >= 0.6 is 11.6 Å². The van der Waals surface area contributed by atoms with Crippen molar-refractivity contribution in [3.63, 3.8) is 0 Å². The summed E-state index contributed by atoms with van der Waals surface area (Å²) < 4.78 is 28.5. The van der Waals surface area contributed by atoms with Crippen molar-refractivity contribution in [2.75, 3.05) is 11.8 Å². The minimum Gasteiger partial charge on any atom is -0.340 e. The molecule has 0 spiro atoms. The highest BCUT2D eigenvalue weighted by atomic mass is 35.5. The first kappa shape index (κ1) is 10.4. The number of nitrogens with one attached hydrogen (secondary N) is 1. The molecule has 1 aromatic heterocycles. The van der Waals surface area contributed by atoms with Crippen LogP contribution in [-0.2, 0) is 16.4 Å². The van der Waals surface area contributed by atoms with E-state index in [2.05, 4.69) is 19.4 Å². The summed E-state index contributed by atoms with van der Waals surface area (Å²) in [5.41, 5.74) is 0. The van der Waals surface area contributed by atoms with Gasteiger partial charge < -0.3 is 4.52 Å². The van der Waals surface area contributed by atoms with E-state index >= 15 is 0 Å². The zero-order valence-corrected chi connectivity index (χ0v) is 8.18. The summed E-state index contributed by atoms with van der Waals surface area (Å²) in [6.07, 6.45) is 1.61. The van der Waals surface area contributed by atoms with Gasteiger partial charge in [0, 0.05) is 13.0 Å². The van der Waals surface area contributed by atoms with Crippen LogP contribution in [-0.4, -0.2) is 30.3 Å². The van der Waals surface area contributed by atoms with Crippen LogP contribution in [0.15, 0.2) is 10.9 Å². The van der Waals surface area contributed by atoms with Gasteiger partial charge >= 0.3 is 0 Å². The number of halogens is 1. The van der Waals surface area contributed by atoms with Gasteiger partial charge in [0.1, 0.15) is 5.21 Å². The van der Waals surface area contributed by atoms with Gasteiger partial charge in [0.25, 0.3) is 0 Å². The molecule has 0 aromatic carbocycles. The highest BCUT2D eigenvalue weighted by molar-refractivity contribution is 7.90. The van der Waals surface area contributed by atoms with Crippen LogP contribution in [0.4, 0.5) is 0 Å². The highest BCUT2D eigenvalue weighted by Crippen LogP contribution is 1.93. The van der Waals surface area contributed by atoms with Gasteiger partial charge in [0.05, 0.1) is 0 Å². The van der Waals surface area contributed by atoms with E-state index in [0.29, 0.717) is 12.3 Å². The lowest BCUT2D eigenvalue weighted by atomic mass is 10.4. The Morgan fingerprint density at radius 3 is 2.92 bits per heavy atom. The third-order valence-electron chi connectivity index (χ3n) is 1.21. The van der Waals surface area contributed by atoms with E-state index in [-0.39, 0.29) is 6.54 Å². The summed E-state index contributed by atoms with van der Waals surface area (Å²) in [6, 6.07) is 0. The number of sulfonamides is 1. The second kappa shape index (κ2) is 4.54. The molecular weight excluding hydrogens is 218 g/mol. The molecule has 1 rings (SSSR count). The van der Waals surface area contributed by atoms with E-state index in [0.717, 1.165) is 0 Å². The molecule has 0 aliphatic heterocycles. The Morgan fingerprint density at radius 1 is 1.62 bits per heavy atom. The third-order valence-corrected chi connectivity index (χ3v) is 3.00. The van der Waals surface area contributed by atoms with Gasteiger partial charge in [-0.15, -0.1) is 11.6 Å². The van der Waals surface area contributed by atoms with E-state index in [4.69, 9.17) is 11.6 Å². The minimum absolute atomic E-state index is 0.206. The first-order chi connectivity index (χ1) is 6.14. The first-order valence-electron chi connectivity index (χ1n) is 3.43. The number of hydrogen-bond donors (Lipinski definition) is 1. The van der Waals surface area contributed by atoms with Crippen LogP contribution in [0.25, 0.3) is 0 Å². The van der Waals surface area contributed by atoms with Crippen molar-refractivity contribution in [3.05, 3.63) is 12.2 Å². The van der Waals surface area contributed by atoms with E-state index in [1.54, 1.807) is 0 Å². The molecule has 13 heavy (non-hydrogen) atoms. The van der Waals surface area contributed by atoms with Crippen LogP contribution in [0.2, 0.25) is 0 Å². The zero-order valence-electron chi connectivity index (χ0n) is 6.60. The fraction of sp³-hybridized carbons (Fsp3) is 0.600. The van der Waals surface area contributed by atoms with Crippen molar-refractivity contribution in [1.82, 2.24) is 14.9 Å². The van der Waals surface area contributed by atoms with Crippen LogP contribution < -0.4 is 4.72 Å². The minimum atomic E-state index is -3.35. The van der Waals surface area contributed by atoms with Gasteiger partial charge in [-0.1, -0.05) is 5.16 Å². The number of rotatable bonds is 5. The Balaban J connectivity index is 2.30. The lowest BCUT2D eigenvalue weighted by Gasteiger charge is -1.99. The molecular formula is C5H8ClN3O3S. The Labute approximate surface area is 80.3 Å². The molecule has 1 heterocycles. The Hall–Kier alpha value is -0.660. The predicted molar refractivity (Wildman–Crippen MR) is 45.6 cm³/mol. The second-order valence-corrected chi connectivity index (χ2v) is 4.59. The maximum absolute atomic E-state index is 10.8. The Morgan fingerprint density at radius 2 is 2.38 bits per heavy atom. The van der Waals surface area contributed by atoms with Gasteiger partial charge in [-0.25, -0.2) is 13.1 Å². The summed E-state index contributed by atoms with van der Waals surface area (Å²) in [5, 5.41) is 2.92. The van der Waals surface area contributed by atoms with Crippen molar-refractivity contribution in [1.29, 1.82) is 0 Å². The lowest BCUT2D eigenvalue weighted by molar-refractivity contribution is 0.377. The second-order valence-electron chi connectivity index (χ2n) is 2.20. The quantitative estimate of drug-likeness (QED) is 0.698.